The minimum Gasteiger partial charge on any atom is -0.494 e. The van der Waals surface area contributed by atoms with Crippen molar-refractivity contribution in [1.82, 2.24) is 4.57 Å². The normalized spacial score (nSPS) is 10.6. The summed E-state index contributed by atoms with van der Waals surface area (Å²) in [7, 11) is 0. The lowest BCUT2D eigenvalue weighted by Crippen LogP contribution is -2.18. The molecule has 0 aliphatic carbocycles. The van der Waals surface area contributed by atoms with Crippen molar-refractivity contribution in [3.8, 4) is 5.75 Å². The van der Waals surface area contributed by atoms with Gasteiger partial charge in [-0.3, -0.25) is 9.59 Å². The van der Waals surface area contributed by atoms with Crippen LogP contribution in [0.3, 0.4) is 0 Å². The Hall–Kier alpha value is -3.08. The number of rotatable bonds is 6. The fraction of sp³-hybridized carbons (Fsp3) is 0.200. The number of aromatic nitrogens is 1. The molecule has 0 saturated heterocycles. The van der Waals surface area contributed by atoms with Crippen LogP contribution < -0.4 is 10.1 Å². The van der Waals surface area contributed by atoms with Gasteiger partial charge in [-0.1, -0.05) is 18.2 Å². The van der Waals surface area contributed by atoms with E-state index >= 15 is 0 Å². The monoisotopic (exact) mass is 336 g/mol. The lowest BCUT2D eigenvalue weighted by molar-refractivity contribution is -0.116. The molecule has 0 spiro atoms. The second-order valence-electron chi connectivity index (χ2n) is 5.81. The van der Waals surface area contributed by atoms with E-state index in [1.54, 1.807) is 10.8 Å². The second kappa shape index (κ2) is 7.21. The van der Waals surface area contributed by atoms with Crippen molar-refractivity contribution in [2.45, 2.75) is 20.4 Å². The quantitative estimate of drug-likeness (QED) is 0.697. The third-order valence-corrected chi connectivity index (χ3v) is 4.05. The van der Waals surface area contributed by atoms with Crippen LogP contribution in [0.25, 0.3) is 10.9 Å². The van der Waals surface area contributed by atoms with E-state index in [0.717, 1.165) is 28.4 Å². The summed E-state index contributed by atoms with van der Waals surface area (Å²) in [5.41, 5.74) is 3.16. The number of benzene rings is 2. The predicted molar refractivity (Wildman–Crippen MR) is 98.3 cm³/mol. The van der Waals surface area contributed by atoms with Crippen LogP contribution in [0.1, 0.15) is 22.8 Å². The first-order valence-corrected chi connectivity index (χ1v) is 8.18. The molecule has 1 heterocycles. The maximum atomic E-state index is 12.4. The molecule has 0 fully saturated rings. The Bertz CT molecular complexity index is 928. The summed E-state index contributed by atoms with van der Waals surface area (Å²) < 4.78 is 7.27. The van der Waals surface area contributed by atoms with Crippen molar-refractivity contribution in [3.63, 3.8) is 0 Å². The summed E-state index contributed by atoms with van der Waals surface area (Å²) in [6.07, 6.45) is 2.50. The number of carbonyl (C=O) groups excluding carboxylic acids is 2. The molecule has 0 aliphatic rings. The largest absolute Gasteiger partial charge is 0.494 e. The third-order valence-electron chi connectivity index (χ3n) is 4.05. The van der Waals surface area contributed by atoms with E-state index in [1.165, 1.54) is 0 Å². The fourth-order valence-electron chi connectivity index (χ4n) is 2.84. The van der Waals surface area contributed by atoms with Crippen LogP contribution in [-0.2, 0) is 11.3 Å². The van der Waals surface area contributed by atoms with Gasteiger partial charge < -0.3 is 14.6 Å². The molecule has 0 saturated carbocycles. The minimum absolute atomic E-state index is 0.132. The number of nitrogens with one attached hydrogen (secondary N) is 1. The number of carbonyl (C=O) groups is 2. The minimum atomic E-state index is -0.141. The average molecular weight is 336 g/mol. The van der Waals surface area contributed by atoms with Gasteiger partial charge in [0, 0.05) is 28.4 Å². The van der Waals surface area contributed by atoms with Crippen LogP contribution in [0, 0.1) is 6.92 Å². The van der Waals surface area contributed by atoms with E-state index in [2.05, 4.69) is 5.32 Å². The molecule has 0 unspecified atom stereocenters. The molecule has 0 bridgehead atoms. The van der Waals surface area contributed by atoms with Gasteiger partial charge >= 0.3 is 0 Å². The Labute approximate surface area is 146 Å². The Kier molecular flexibility index (Phi) is 4.84. The van der Waals surface area contributed by atoms with Gasteiger partial charge in [0.1, 0.15) is 12.3 Å². The first-order chi connectivity index (χ1) is 12.1. The molecular weight excluding hydrogens is 316 g/mol. The molecule has 5 heteroatoms. The summed E-state index contributed by atoms with van der Waals surface area (Å²) in [4.78, 5) is 23.8. The predicted octanol–water partition coefficient (Wildman–Crippen LogP) is 3.80. The number of nitrogens with zero attached hydrogens (tertiary/aromatic N) is 1. The highest BCUT2D eigenvalue weighted by molar-refractivity contribution is 5.99. The maximum absolute atomic E-state index is 12.4. The highest BCUT2D eigenvalue weighted by Gasteiger charge is 2.12. The summed E-state index contributed by atoms with van der Waals surface area (Å²) in [5, 5.41) is 3.69. The molecule has 1 amide bonds. The third kappa shape index (κ3) is 3.55. The number of aldehydes is 1. The Morgan fingerprint density at radius 1 is 1.24 bits per heavy atom. The van der Waals surface area contributed by atoms with Crippen LogP contribution in [0.2, 0.25) is 0 Å². The van der Waals surface area contributed by atoms with Gasteiger partial charge in [-0.05, 0) is 43.7 Å². The molecular formula is C20H20N2O3. The zero-order chi connectivity index (χ0) is 17.8. The number of fused-ring (bicyclic) bond motifs is 1. The van der Waals surface area contributed by atoms with E-state index in [4.69, 9.17) is 4.74 Å². The first-order valence-electron chi connectivity index (χ1n) is 8.18. The van der Waals surface area contributed by atoms with Crippen LogP contribution in [0.4, 0.5) is 5.69 Å². The standard InChI is InChI=1S/C20H20N2O3/c1-3-25-16-8-9-19-17(10-16)15(13-23)11-22(19)12-20(24)21-18-7-5-4-6-14(18)2/h4-11,13H,3,12H2,1-2H3,(H,21,24). The number of ether oxygens (including phenoxy) is 1. The van der Waals surface area contributed by atoms with Crippen LogP contribution >= 0.6 is 0 Å². The molecule has 0 radical (unpaired) electrons. The molecule has 25 heavy (non-hydrogen) atoms. The molecule has 0 atom stereocenters. The summed E-state index contributed by atoms with van der Waals surface area (Å²) >= 11 is 0. The SMILES string of the molecule is CCOc1ccc2c(c1)c(C=O)cn2CC(=O)Nc1ccccc1C. The lowest BCUT2D eigenvalue weighted by atomic mass is 10.2. The summed E-state index contributed by atoms with van der Waals surface area (Å²) in [6, 6.07) is 13.2. The van der Waals surface area contributed by atoms with E-state index in [9.17, 15) is 9.59 Å². The van der Waals surface area contributed by atoms with E-state index < -0.39 is 0 Å². The second-order valence-corrected chi connectivity index (χ2v) is 5.81. The van der Waals surface area contributed by atoms with Gasteiger partial charge in [0.05, 0.1) is 6.61 Å². The number of aryl methyl sites for hydroxylation is 1. The van der Waals surface area contributed by atoms with Gasteiger partial charge in [0.15, 0.2) is 6.29 Å². The molecule has 3 aromatic rings. The van der Waals surface area contributed by atoms with Crippen LogP contribution in [-0.4, -0.2) is 23.4 Å². The smallest absolute Gasteiger partial charge is 0.244 e. The molecule has 1 N–H and O–H groups in total. The number of hydrogen-bond acceptors (Lipinski definition) is 3. The Morgan fingerprint density at radius 2 is 2.04 bits per heavy atom. The van der Waals surface area contributed by atoms with E-state index in [0.29, 0.717) is 17.9 Å². The van der Waals surface area contributed by atoms with Crippen molar-refractivity contribution in [1.29, 1.82) is 0 Å². The van der Waals surface area contributed by atoms with Gasteiger partial charge in [0.25, 0.3) is 0 Å². The molecule has 5 nitrogen and oxygen atoms in total. The summed E-state index contributed by atoms with van der Waals surface area (Å²) in [5.74, 6) is 0.567. The van der Waals surface area contributed by atoms with E-state index in [1.807, 2.05) is 56.3 Å². The number of anilines is 1. The highest BCUT2D eigenvalue weighted by atomic mass is 16.5. The Balaban J connectivity index is 1.87. The van der Waals surface area contributed by atoms with Crippen LogP contribution in [0.5, 0.6) is 5.75 Å². The van der Waals surface area contributed by atoms with Gasteiger partial charge in [-0.25, -0.2) is 0 Å². The van der Waals surface area contributed by atoms with Crippen molar-refractivity contribution in [3.05, 3.63) is 59.8 Å². The van der Waals surface area contributed by atoms with E-state index in [-0.39, 0.29) is 12.5 Å². The average Bonchev–Trinajstić information content (AvgIpc) is 2.94. The molecule has 3 rings (SSSR count). The molecule has 2 aromatic carbocycles. The first kappa shape index (κ1) is 16.8. The zero-order valence-corrected chi connectivity index (χ0v) is 14.3. The number of amides is 1. The zero-order valence-electron chi connectivity index (χ0n) is 14.3. The van der Waals surface area contributed by atoms with Gasteiger partial charge in [0.2, 0.25) is 5.91 Å². The highest BCUT2D eigenvalue weighted by Crippen LogP contribution is 2.25. The summed E-state index contributed by atoms with van der Waals surface area (Å²) in [6.45, 7) is 4.54. The molecule has 128 valence electrons. The van der Waals surface area contributed by atoms with Crippen LogP contribution in [0.15, 0.2) is 48.7 Å². The maximum Gasteiger partial charge on any atom is 0.244 e. The van der Waals surface area contributed by atoms with Gasteiger partial charge in [-0.2, -0.15) is 0 Å². The van der Waals surface area contributed by atoms with Crippen molar-refractivity contribution in [2.24, 2.45) is 0 Å². The topological polar surface area (TPSA) is 60.3 Å². The van der Waals surface area contributed by atoms with Crippen molar-refractivity contribution in [2.75, 3.05) is 11.9 Å². The number of para-hydroxylation sites is 1. The lowest BCUT2D eigenvalue weighted by Gasteiger charge is -2.10. The van der Waals surface area contributed by atoms with Crippen molar-refractivity contribution < 1.29 is 14.3 Å². The Morgan fingerprint density at radius 3 is 2.76 bits per heavy atom. The fourth-order valence-corrected chi connectivity index (χ4v) is 2.84. The molecule has 1 aromatic heterocycles. The molecule has 0 aliphatic heterocycles. The van der Waals surface area contributed by atoms with Crippen molar-refractivity contribution >= 4 is 28.8 Å². The number of hydrogen-bond donors (Lipinski definition) is 1. The van der Waals surface area contributed by atoms with Gasteiger partial charge in [-0.15, -0.1) is 0 Å².